The normalized spacial score (nSPS) is 12.9. The number of fused-ring (bicyclic) bond motifs is 1. The molecule has 0 bridgehead atoms. The summed E-state index contributed by atoms with van der Waals surface area (Å²) >= 11 is 0. The van der Waals surface area contributed by atoms with Gasteiger partial charge in [-0.05, 0) is 23.3 Å². The first-order valence-corrected chi connectivity index (χ1v) is 7.99. The largest absolute Gasteiger partial charge is 0.343 e. The fraction of sp³-hybridized carbons (Fsp3) is 0.278. The Morgan fingerprint density at radius 2 is 1.84 bits per heavy atom. The summed E-state index contributed by atoms with van der Waals surface area (Å²) in [6.45, 7) is 1.54. The molecule has 7 nitrogen and oxygen atoms in total. The van der Waals surface area contributed by atoms with Crippen LogP contribution in [0.5, 0.6) is 0 Å². The Kier molecular flexibility index (Phi) is 6.47. The van der Waals surface area contributed by atoms with Gasteiger partial charge in [0.15, 0.2) is 0 Å². The summed E-state index contributed by atoms with van der Waals surface area (Å²) in [5.41, 5.74) is 6.48. The zero-order valence-electron chi connectivity index (χ0n) is 14.0. The van der Waals surface area contributed by atoms with Gasteiger partial charge in [-0.15, -0.1) is 0 Å². The van der Waals surface area contributed by atoms with Crippen molar-refractivity contribution in [1.29, 1.82) is 0 Å². The SMILES string of the molecule is CC(N)C(=O)N[C@H](Cc1ccc2ccccc2c1)C(=O)NCNC=O. The number of hydrogen-bond donors (Lipinski definition) is 4. The molecule has 0 aliphatic heterocycles. The molecular formula is C18H22N4O3. The summed E-state index contributed by atoms with van der Waals surface area (Å²) in [6, 6.07) is 12.3. The fourth-order valence-electron chi connectivity index (χ4n) is 2.42. The van der Waals surface area contributed by atoms with Crippen molar-refractivity contribution < 1.29 is 14.4 Å². The highest BCUT2D eigenvalue weighted by Crippen LogP contribution is 2.16. The maximum Gasteiger partial charge on any atom is 0.244 e. The fourth-order valence-corrected chi connectivity index (χ4v) is 2.42. The lowest BCUT2D eigenvalue weighted by molar-refractivity contribution is -0.129. The van der Waals surface area contributed by atoms with Gasteiger partial charge in [-0.3, -0.25) is 14.4 Å². The lowest BCUT2D eigenvalue weighted by Gasteiger charge is -2.20. The Labute approximate surface area is 146 Å². The number of carbonyl (C=O) groups is 3. The summed E-state index contributed by atoms with van der Waals surface area (Å²) in [5.74, 6) is -0.805. The molecule has 25 heavy (non-hydrogen) atoms. The number of nitrogens with one attached hydrogen (secondary N) is 3. The van der Waals surface area contributed by atoms with Gasteiger partial charge < -0.3 is 21.7 Å². The van der Waals surface area contributed by atoms with Crippen molar-refractivity contribution in [3.8, 4) is 0 Å². The number of hydrogen-bond acceptors (Lipinski definition) is 4. The maximum atomic E-state index is 12.3. The van der Waals surface area contributed by atoms with E-state index in [1.807, 2.05) is 42.5 Å². The molecule has 3 amide bonds. The van der Waals surface area contributed by atoms with Crippen LogP contribution in [0, 0.1) is 0 Å². The van der Waals surface area contributed by atoms with Crippen LogP contribution in [0.2, 0.25) is 0 Å². The third-order valence-corrected chi connectivity index (χ3v) is 3.75. The van der Waals surface area contributed by atoms with Crippen molar-refractivity contribution >= 4 is 29.0 Å². The highest BCUT2D eigenvalue weighted by molar-refractivity contribution is 5.90. The first kappa shape index (κ1) is 18.4. The van der Waals surface area contributed by atoms with Crippen LogP contribution >= 0.6 is 0 Å². The Bertz CT molecular complexity index is 761. The molecule has 1 unspecified atom stereocenters. The number of rotatable bonds is 8. The van der Waals surface area contributed by atoms with Gasteiger partial charge in [-0.2, -0.15) is 0 Å². The molecule has 2 aromatic carbocycles. The van der Waals surface area contributed by atoms with E-state index in [0.29, 0.717) is 12.8 Å². The van der Waals surface area contributed by atoms with Crippen LogP contribution in [0.25, 0.3) is 10.8 Å². The highest BCUT2D eigenvalue weighted by atomic mass is 16.2. The molecule has 0 saturated heterocycles. The Balaban J connectivity index is 2.15. The lowest BCUT2D eigenvalue weighted by atomic mass is 10.0. The van der Waals surface area contributed by atoms with Gasteiger partial charge in [0, 0.05) is 6.42 Å². The molecule has 0 spiro atoms. The van der Waals surface area contributed by atoms with E-state index in [4.69, 9.17) is 5.73 Å². The van der Waals surface area contributed by atoms with Gasteiger partial charge in [0.1, 0.15) is 6.04 Å². The van der Waals surface area contributed by atoms with Crippen LogP contribution in [0.15, 0.2) is 42.5 Å². The molecule has 0 aromatic heterocycles. The van der Waals surface area contributed by atoms with Crippen molar-refractivity contribution in [3.05, 3.63) is 48.0 Å². The van der Waals surface area contributed by atoms with Crippen molar-refractivity contribution in [2.45, 2.75) is 25.4 Å². The number of benzene rings is 2. The summed E-state index contributed by atoms with van der Waals surface area (Å²) < 4.78 is 0. The molecule has 0 radical (unpaired) electrons. The van der Waals surface area contributed by atoms with Crippen molar-refractivity contribution in [1.82, 2.24) is 16.0 Å². The van der Waals surface area contributed by atoms with Crippen LogP contribution in [0.4, 0.5) is 0 Å². The van der Waals surface area contributed by atoms with Gasteiger partial charge in [-0.25, -0.2) is 0 Å². The third-order valence-electron chi connectivity index (χ3n) is 3.75. The molecule has 132 valence electrons. The van der Waals surface area contributed by atoms with Gasteiger partial charge in [0.2, 0.25) is 18.2 Å². The predicted octanol–water partition coefficient (Wildman–Crippen LogP) is 0.0340. The minimum absolute atomic E-state index is 0.00932. The minimum Gasteiger partial charge on any atom is -0.343 e. The zero-order valence-corrected chi connectivity index (χ0v) is 14.0. The van der Waals surface area contributed by atoms with E-state index in [0.717, 1.165) is 16.3 Å². The molecule has 0 heterocycles. The Morgan fingerprint density at radius 1 is 1.12 bits per heavy atom. The zero-order chi connectivity index (χ0) is 18.2. The first-order valence-electron chi connectivity index (χ1n) is 7.99. The molecule has 0 aliphatic carbocycles. The maximum absolute atomic E-state index is 12.3. The molecule has 5 N–H and O–H groups in total. The number of amides is 3. The van der Waals surface area contributed by atoms with E-state index < -0.39 is 23.9 Å². The Morgan fingerprint density at radius 3 is 2.52 bits per heavy atom. The molecule has 2 aromatic rings. The van der Waals surface area contributed by atoms with Crippen LogP contribution < -0.4 is 21.7 Å². The van der Waals surface area contributed by atoms with Gasteiger partial charge in [0.05, 0.1) is 12.7 Å². The monoisotopic (exact) mass is 342 g/mol. The van der Waals surface area contributed by atoms with E-state index in [9.17, 15) is 14.4 Å². The highest BCUT2D eigenvalue weighted by Gasteiger charge is 2.22. The molecule has 0 saturated carbocycles. The van der Waals surface area contributed by atoms with Crippen LogP contribution in [0.1, 0.15) is 12.5 Å². The molecule has 7 heteroatoms. The standard InChI is InChI=1S/C18H22N4O3/c1-12(19)17(24)22-16(18(25)21-10-20-11-23)9-13-6-7-14-4-2-3-5-15(14)8-13/h2-8,11-12,16H,9-10,19H2,1H3,(H,20,23)(H,21,25)(H,22,24)/t12?,16-/m1/s1. The lowest BCUT2D eigenvalue weighted by Crippen LogP contribution is -2.52. The quantitative estimate of drug-likeness (QED) is 0.308. The second kappa shape index (κ2) is 8.79. The van der Waals surface area contributed by atoms with Crippen LogP contribution in [0.3, 0.4) is 0 Å². The molecule has 2 rings (SSSR count). The Hall–Kier alpha value is -2.93. The topological polar surface area (TPSA) is 113 Å². The summed E-state index contributed by atoms with van der Waals surface area (Å²) in [4.78, 5) is 34.5. The molecule has 0 fully saturated rings. The van der Waals surface area contributed by atoms with E-state index in [-0.39, 0.29) is 6.67 Å². The number of carbonyl (C=O) groups excluding carboxylic acids is 3. The van der Waals surface area contributed by atoms with Crippen LogP contribution in [-0.4, -0.2) is 37.0 Å². The summed E-state index contributed by atoms with van der Waals surface area (Å²) in [7, 11) is 0. The summed E-state index contributed by atoms with van der Waals surface area (Å²) in [5, 5.41) is 9.70. The van der Waals surface area contributed by atoms with E-state index in [2.05, 4.69) is 16.0 Å². The van der Waals surface area contributed by atoms with E-state index in [1.54, 1.807) is 6.92 Å². The van der Waals surface area contributed by atoms with Crippen LogP contribution in [-0.2, 0) is 20.8 Å². The third kappa shape index (κ3) is 5.29. The van der Waals surface area contributed by atoms with E-state index >= 15 is 0 Å². The molecule has 0 aliphatic rings. The second-order valence-electron chi connectivity index (χ2n) is 5.78. The van der Waals surface area contributed by atoms with Crippen molar-refractivity contribution in [2.75, 3.05) is 6.67 Å². The average molecular weight is 342 g/mol. The summed E-state index contributed by atoms with van der Waals surface area (Å²) in [6.07, 6.45) is 0.801. The van der Waals surface area contributed by atoms with Gasteiger partial charge in [0.25, 0.3) is 0 Å². The average Bonchev–Trinajstić information content (AvgIpc) is 2.61. The van der Waals surface area contributed by atoms with E-state index in [1.165, 1.54) is 0 Å². The first-order chi connectivity index (χ1) is 12.0. The smallest absolute Gasteiger partial charge is 0.244 e. The van der Waals surface area contributed by atoms with Crippen molar-refractivity contribution in [3.63, 3.8) is 0 Å². The second-order valence-corrected chi connectivity index (χ2v) is 5.78. The van der Waals surface area contributed by atoms with Gasteiger partial charge >= 0.3 is 0 Å². The number of nitrogens with two attached hydrogens (primary N) is 1. The molecule has 2 atom stereocenters. The molecular weight excluding hydrogens is 320 g/mol. The predicted molar refractivity (Wildman–Crippen MR) is 95.4 cm³/mol. The minimum atomic E-state index is -0.784. The van der Waals surface area contributed by atoms with Gasteiger partial charge in [-0.1, -0.05) is 42.5 Å². The van der Waals surface area contributed by atoms with Crippen molar-refractivity contribution in [2.24, 2.45) is 5.73 Å².